The van der Waals surface area contributed by atoms with Crippen LogP contribution in [-0.4, -0.2) is 14.1 Å². The van der Waals surface area contributed by atoms with Crippen molar-refractivity contribution in [1.82, 2.24) is 0 Å². The summed E-state index contributed by atoms with van der Waals surface area (Å²) in [5, 5.41) is 12.1. The molecule has 4 nitrogen and oxygen atoms in total. The summed E-state index contributed by atoms with van der Waals surface area (Å²) in [6.07, 6.45) is 0. The fourth-order valence-electron chi connectivity index (χ4n) is 2.07. The van der Waals surface area contributed by atoms with E-state index in [1.165, 1.54) is 11.1 Å². The van der Waals surface area contributed by atoms with Crippen molar-refractivity contribution in [2.24, 2.45) is 10.4 Å². The molecular weight excluding hydrogens is 248 g/mol. The number of benzene rings is 2. The summed E-state index contributed by atoms with van der Waals surface area (Å²) in [5.74, 6) is 0. The Balaban J connectivity index is 2.13. The van der Waals surface area contributed by atoms with Gasteiger partial charge < -0.3 is 0 Å². The molecule has 0 amide bonds. The summed E-state index contributed by atoms with van der Waals surface area (Å²) in [6, 6.07) is 16.2. The third-order valence-corrected chi connectivity index (χ3v) is 3.24. The molecule has 0 radical (unpaired) electrons. The summed E-state index contributed by atoms with van der Waals surface area (Å²) >= 11 is 0. The first-order chi connectivity index (χ1) is 9.59. The number of aryl methyl sites for hydroxylation is 2. The molecule has 2 aromatic carbocycles. The van der Waals surface area contributed by atoms with Gasteiger partial charge in [0.05, 0.1) is 11.4 Å². The van der Waals surface area contributed by atoms with Crippen molar-refractivity contribution in [2.45, 2.75) is 13.8 Å². The van der Waals surface area contributed by atoms with Gasteiger partial charge in [-0.2, -0.15) is 0 Å². The fraction of sp³-hybridized carbons (Fsp3) is 0.250. The van der Waals surface area contributed by atoms with Crippen molar-refractivity contribution in [3.05, 3.63) is 59.7 Å². The highest BCUT2D eigenvalue weighted by Crippen LogP contribution is 2.20. The molecular formula is C16H20N4. The van der Waals surface area contributed by atoms with E-state index >= 15 is 0 Å². The van der Waals surface area contributed by atoms with Gasteiger partial charge in [0.1, 0.15) is 0 Å². The predicted molar refractivity (Wildman–Crippen MR) is 84.0 cm³/mol. The van der Waals surface area contributed by atoms with Gasteiger partial charge in [0.15, 0.2) is 0 Å². The van der Waals surface area contributed by atoms with Crippen molar-refractivity contribution in [2.75, 3.05) is 24.1 Å². The third kappa shape index (κ3) is 3.15. The van der Waals surface area contributed by atoms with Gasteiger partial charge in [-0.1, -0.05) is 36.4 Å². The van der Waals surface area contributed by atoms with Gasteiger partial charge in [-0.25, -0.2) is 10.0 Å². The summed E-state index contributed by atoms with van der Waals surface area (Å²) in [4.78, 5) is 0. The molecule has 0 heterocycles. The van der Waals surface area contributed by atoms with Crippen LogP contribution in [0.5, 0.6) is 0 Å². The minimum absolute atomic E-state index is 1.05. The zero-order chi connectivity index (χ0) is 14.5. The Morgan fingerprint density at radius 2 is 1.00 bits per heavy atom. The molecule has 0 aliphatic carbocycles. The second-order valence-electron chi connectivity index (χ2n) is 4.80. The smallest absolute Gasteiger partial charge is 0.0637 e. The maximum atomic E-state index is 4.26. The first-order valence-corrected chi connectivity index (χ1v) is 6.60. The Morgan fingerprint density at radius 1 is 0.650 bits per heavy atom. The van der Waals surface area contributed by atoms with Gasteiger partial charge in [0.2, 0.25) is 0 Å². The average Bonchev–Trinajstić information content (AvgIpc) is 2.45. The van der Waals surface area contributed by atoms with Crippen molar-refractivity contribution < 1.29 is 0 Å². The number of nitrogens with zero attached hydrogens (tertiary/aromatic N) is 4. The van der Waals surface area contributed by atoms with Crippen molar-refractivity contribution in [3.63, 3.8) is 0 Å². The topological polar surface area (TPSA) is 31.2 Å². The van der Waals surface area contributed by atoms with Crippen LogP contribution >= 0.6 is 0 Å². The van der Waals surface area contributed by atoms with E-state index in [1.54, 1.807) is 10.0 Å². The second kappa shape index (κ2) is 6.19. The van der Waals surface area contributed by atoms with E-state index in [4.69, 9.17) is 0 Å². The number of hydrogen-bond acceptors (Lipinski definition) is 2. The molecule has 20 heavy (non-hydrogen) atoms. The quantitative estimate of drug-likeness (QED) is 0.616. The largest absolute Gasteiger partial charge is 0.248 e. The molecule has 0 fully saturated rings. The highest BCUT2D eigenvalue weighted by molar-refractivity contribution is 5.52. The van der Waals surface area contributed by atoms with E-state index in [1.807, 2.05) is 50.5 Å². The van der Waals surface area contributed by atoms with Crippen LogP contribution in [0.15, 0.2) is 59.0 Å². The molecule has 0 spiro atoms. The van der Waals surface area contributed by atoms with Gasteiger partial charge in [0.25, 0.3) is 0 Å². The molecule has 104 valence electrons. The zero-order valence-corrected chi connectivity index (χ0v) is 12.4. The molecule has 0 bridgehead atoms. The molecule has 0 aromatic heterocycles. The summed E-state index contributed by atoms with van der Waals surface area (Å²) in [7, 11) is 3.80. The zero-order valence-electron chi connectivity index (χ0n) is 12.4. The number of rotatable bonds is 4. The number of para-hydroxylation sites is 2. The minimum atomic E-state index is 1.05. The van der Waals surface area contributed by atoms with Gasteiger partial charge >= 0.3 is 0 Å². The lowest BCUT2D eigenvalue weighted by Crippen LogP contribution is -2.14. The van der Waals surface area contributed by atoms with Gasteiger partial charge in [-0.3, -0.25) is 0 Å². The van der Waals surface area contributed by atoms with Crippen molar-refractivity contribution in [3.8, 4) is 0 Å². The van der Waals surface area contributed by atoms with Crippen LogP contribution in [0.1, 0.15) is 11.1 Å². The summed E-state index contributed by atoms with van der Waals surface area (Å²) in [5.41, 5.74) is 4.45. The average molecular weight is 268 g/mol. The summed E-state index contributed by atoms with van der Waals surface area (Å²) < 4.78 is 0. The van der Waals surface area contributed by atoms with Crippen LogP contribution in [0.2, 0.25) is 0 Å². The molecule has 0 atom stereocenters. The summed E-state index contributed by atoms with van der Waals surface area (Å²) in [6.45, 7) is 4.12. The van der Waals surface area contributed by atoms with E-state index in [0.717, 1.165) is 11.4 Å². The normalized spacial score (nSPS) is 10.8. The first-order valence-electron chi connectivity index (χ1n) is 6.60. The van der Waals surface area contributed by atoms with Crippen LogP contribution < -0.4 is 10.0 Å². The van der Waals surface area contributed by atoms with E-state index < -0.39 is 0 Å². The lowest BCUT2D eigenvalue weighted by Gasteiger charge is -2.17. The Bertz CT molecular complexity index is 553. The predicted octanol–water partition coefficient (Wildman–Crippen LogP) is 4.16. The SMILES string of the molecule is Cc1ccccc1N(C)N=NN(C)c1ccccc1C. The monoisotopic (exact) mass is 268 g/mol. The molecule has 0 saturated heterocycles. The molecule has 0 N–H and O–H groups in total. The molecule has 0 unspecified atom stereocenters. The van der Waals surface area contributed by atoms with Crippen LogP contribution in [0, 0.1) is 13.8 Å². The first kappa shape index (κ1) is 14.1. The van der Waals surface area contributed by atoms with E-state index in [0.29, 0.717) is 0 Å². The number of anilines is 2. The van der Waals surface area contributed by atoms with Gasteiger partial charge in [0, 0.05) is 14.1 Å². The Labute approximate surface area is 120 Å². The highest BCUT2D eigenvalue weighted by Gasteiger charge is 2.04. The maximum absolute atomic E-state index is 4.26. The fourth-order valence-corrected chi connectivity index (χ4v) is 2.07. The van der Waals surface area contributed by atoms with Gasteiger partial charge in [-0.15, -0.1) is 0 Å². The molecule has 2 aromatic rings. The van der Waals surface area contributed by atoms with E-state index in [2.05, 4.69) is 36.4 Å². The molecule has 4 heteroatoms. The molecule has 0 aliphatic heterocycles. The van der Waals surface area contributed by atoms with E-state index in [9.17, 15) is 0 Å². The van der Waals surface area contributed by atoms with Crippen molar-refractivity contribution in [1.29, 1.82) is 0 Å². The second-order valence-corrected chi connectivity index (χ2v) is 4.80. The van der Waals surface area contributed by atoms with Crippen LogP contribution in [0.3, 0.4) is 0 Å². The lowest BCUT2D eigenvalue weighted by atomic mass is 10.2. The lowest BCUT2D eigenvalue weighted by molar-refractivity contribution is 0.814. The van der Waals surface area contributed by atoms with Crippen LogP contribution in [0.25, 0.3) is 0 Å². The van der Waals surface area contributed by atoms with Crippen LogP contribution in [0.4, 0.5) is 11.4 Å². The standard InChI is InChI=1S/C16H20N4/c1-13-9-5-7-11-15(13)19(3)17-18-20(4)16-12-8-6-10-14(16)2/h5-12H,1-4H3. The molecule has 2 rings (SSSR count). The Kier molecular flexibility index (Phi) is 4.35. The highest BCUT2D eigenvalue weighted by atomic mass is 15.7. The Morgan fingerprint density at radius 3 is 1.35 bits per heavy atom. The van der Waals surface area contributed by atoms with Gasteiger partial charge in [-0.05, 0) is 47.6 Å². The van der Waals surface area contributed by atoms with E-state index in [-0.39, 0.29) is 0 Å². The Hall–Kier alpha value is -2.36. The van der Waals surface area contributed by atoms with Crippen LogP contribution in [-0.2, 0) is 0 Å². The molecule has 0 saturated carbocycles. The third-order valence-electron chi connectivity index (χ3n) is 3.24. The maximum Gasteiger partial charge on any atom is 0.0637 e. The molecule has 0 aliphatic rings. The van der Waals surface area contributed by atoms with Crippen molar-refractivity contribution >= 4 is 11.4 Å². The minimum Gasteiger partial charge on any atom is -0.248 e. The number of hydrogen-bond donors (Lipinski definition) is 0.